The topological polar surface area (TPSA) is 70.7 Å². The minimum absolute atomic E-state index is 0.354. The van der Waals surface area contributed by atoms with E-state index >= 15 is 0 Å². The summed E-state index contributed by atoms with van der Waals surface area (Å²) in [5.41, 5.74) is 2.26. The molecule has 0 aliphatic carbocycles. The molecule has 2 N–H and O–H groups in total. The van der Waals surface area contributed by atoms with Gasteiger partial charge in [-0.15, -0.1) is 0 Å². The molecule has 0 saturated carbocycles. The van der Waals surface area contributed by atoms with Gasteiger partial charge in [0.1, 0.15) is 0 Å². The molecule has 2 heterocycles. The van der Waals surface area contributed by atoms with Gasteiger partial charge in [-0.1, -0.05) is 6.07 Å². The number of sulfonamides is 1. The van der Waals surface area contributed by atoms with Crippen LogP contribution in [0.25, 0.3) is 0 Å². The summed E-state index contributed by atoms with van der Waals surface area (Å²) in [7, 11) is -3.42. The molecule has 0 aromatic heterocycles. The fraction of sp³-hybridized carbons (Fsp3) is 0.571. The SMILES string of the molecule is O=S(=O)(NCCN1CCOCC1)c1ccc2c(c1)CNC2. The van der Waals surface area contributed by atoms with Gasteiger partial charge < -0.3 is 10.1 Å². The summed E-state index contributed by atoms with van der Waals surface area (Å²) in [5, 5.41) is 3.22. The lowest BCUT2D eigenvalue weighted by Crippen LogP contribution is -2.41. The summed E-state index contributed by atoms with van der Waals surface area (Å²) in [4.78, 5) is 2.56. The molecule has 1 aromatic carbocycles. The highest BCUT2D eigenvalue weighted by Crippen LogP contribution is 2.19. The monoisotopic (exact) mass is 311 g/mol. The van der Waals surface area contributed by atoms with Crippen molar-refractivity contribution in [1.29, 1.82) is 0 Å². The number of hydrogen-bond acceptors (Lipinski definition) is 5. The average Bonchev–Trinajstić information content (AvgIpc) is 2.95. The molecule has 21 heavy (non-hydrogen) atoms. The number of fused-ring (bicyclic) bond motifs is 1. The van der Waals surface area contributed by atoms with E-state index in [1.165, 1.54) is 5.56 Å². The van der Waals surface area contributed by atoms with Gasteiger partial charge >= 0.3 is 0 Å². The van der Waals surface area contributed by atoms with Crippen LogP contribution >= 0.6 is 0 Å². The Balaban J connectivity index is 1.58. The molecule has 0 unspecified atom stereocenters. The summed E-state index contributed by atoms with van der Waals surface area (Å²) in [5.74, 6) is 0. The third-order valence-electron chi connectivity index (χ3n) is 3.94. The van der Waals surface area contributed by atoms with E-state index in [0.717, 1.165) is 51.5 Å². The Bertz CT molecular complexity index is 597. The molecule has 0 radical (unpaired) electrons. The van der Waals surface area contributed by atoms with Crippen LogP contribution in [-0.4, -0.2) is 52.7 Å². The Kier molecular flexibility index (Phi) is 4.56. The first kappa shape index (κ1) is 14.9. The number of hydrogen-bond donors (Lipinski definition) is 2. The average molecular weight is 311 g/mol. The van der Waals surface area contributed by atoms with Gasteiger partial charge in [0.15, 0.2) is 0 Å². The minimum atomic E-state index is -3.42. The highest BCUT2D eigenvalue weighted by Gasteiger charge is 2.18. The summed E-state index contributed by atoms with van der Waals surface area (Å²) < 4.78 is 32.6. The number of benzene rings is 1. The van der Waals surface area contributed by atoms with E-state index in [4.69, 9.17) is 4.74 Å². The standard InChI is InChI=1S/C14H21N3O3S/c18-21(19,16-3-4-17-5-7-20-8-6-17)14-2-1-12-10-15-11-13(12)9-14/h1-2,9,15-16H,3-8,10-11H2. The van der Waals surface area contributed by atoms with Gasteiger partial charge in [0.05, 0.1) is 18.1 Å². The maximum atomic E-state index is 12.3. The maximum Gasteiger partial charge on any atom is 0.240 e. The van der Waals surface area contributed by atoms with Crippen molar-refractivity contribution in [3.8, 4) is 0 Å². The van der Waals surface area contributed by atoms with Gasteiger partial charge in [-0.25, -0.2) is 13.1 Å². The van der Waals surface area contributed by atoms with E-state index in [0.29, 0.717) is 11.4 Å². The van der Waals surface area contributed by atoms with Crippen LogP contribution in [0, 0.1) is 0 Å². The first-order valence-corrected chi connectivity index (χ1v) is 8.76. The van der Waals surface area contributed by atoms with E-state index in [1.54, 1.807) is 12.1 Å². The second-order valence-corrected chi connectivity index (χ2v) is 7.15. The molecule has 0 bridgehead atoms. The van der Waals surface area contributed by atoms with E-state index in [2.05, 4.69) is 14.9 Å². The molecule has 6 nitrogen and oxygen atoms in total. The largest absolute Gasteiger partial charge is 0.379 e. The lowest BCUT2D eigenvalue weighted by Gasteiger charge is -2.26. The Hall–Kier alpha value is -0.990. The van der Waals surface area contributed by atoms with Crippen molar-refractivity contribution < 1.29 is 13.2 Å². The van der Waals surface area contributed by atoms with Gasteiger partial charge in [-0.3, -0.25) is 4.90 Å². The van der Waals surface area contributed by atoms with Crippen molar-refractivity contribution in [2.24, 2.45) is 0 Å². The van der Waals surface area contributed by atoms with E-state index in [-0.39, 0.29) is 0 Å². The first-order valence-electron chi connectivity index (χ1n) is 7.27. The lowest BCUT2D eigenvalue weighted by atomic mass is 10.1. The number of nitrogens with one attached hydrogen (secondary N) is 2. The molecule has 116 valence electrons. The fourth-order valence-electron chi connectivity index (χ4n) is 2.68. The number of morpholine rings is 1. The Morgan fingerprint density at radius 3 is 2.76 bits per heavy atom. The van der Waals surface area contributed by atoms with Crippen LogP contribution in [0.1, 0.15) is 11.1 Å². The third-order valence-corrected chi connectivity index (χ3v) is 5.40. The molecule has 0 spiro atoms. The number of nitrogens with zero attached hydrogens (tertiary/aromatic N) is 1. The van der Waals surface area contributed by atoms with Crippen LogP contribution in [0.5, 0.6) is 0 Å². The van der Waals surface area contributed by atoms with Crippen LogP contribution < -0.4 is 10.0 Å². The van der Waals surface area contributed by atoms with Crippen molar-refractivity contribution in [2.45, 2.75) is 18.0 Å². The van der Waals surface area contributed by atoms with E-state index in [9.17, 15) is 8.42 Å². The molecule has 7 heteroatoms. The molecule has 1 fully saturated rings. The van der Waals surface area contributed by atoms with Crippen LogP contribution in [-0.2, 0) is 27.8 Å². The smallest absolute Gasteiger partial charge is 0.240 e. The van der Waals surface area contributed by atoms with Gasteiger partial charge in [-0.2, -0.15) is 0 Å². The maximum absolute atomic E-state index is 12.3. The highest BCUT2D eigenvalue weighted by molar-refractivity contribution is 7.89. The number of ether oxygens (including phenoxy) is 1. The van der Waals surface area contributed by atoms with Crippen LogP contribution in [0.15, 0.2) is 23.1 Å². The Labute approximate surface area is 125 Å². The lowest BCUT2D eigenvalue weighted by molar-refractivity contribution is 0.0390. The van der Waals surface area contributed by atoms with Crippen molar-refractivity contribution in [1.82, 2.24) is 14.9 Å². The molecule has 0 atom stereocenters. The van der Waals surface area contributed by atoms with E-state index in [1.807, 2.05) is 6.07 Å². The van der Waals surface area contributed by atoms with E-state index < -0.39 is 10.0 Å². The van der Waals surface area contributed by atoms with Crippen molar-refractivity contribution in [3.63, 3.8) is 0 Å². The third kappa shape index (κ3) is 3.61. The van der Waals surface area contributed by atoms with Gasteiger partial charge in [0, 0.05) is 39.3 Å². The fourth-order valence-corrected chi connectivity index (χ4v) is 3.76. The summed E-state index contributed by atoms with van der Waals surface area (Å²) in [6.45, 7) is 5.90. The molecule has 0 amide bonds. The zero-order valence-corrected chi connectivity index (χ0v) is 12.8. The van der Waals surface area contributed by atoms with Gasteiger partial charge in [0.2, 0.25) is 10.0 Å². The van der Waals surface area contributed by atoms with Gasteiger partial charge in [0.25, 0.3) is 0 Å². The molecule has 2 aliphatic heterocycles. The van der Waals surface area contributed by atoms with Crippen LogP contribution in [0.3, 0.4) is 0 Å². The normalized spacial score (nSPS) is 19.6. The highest BCUT2D eigenvalue weighted by atomic mass is 32.2. The number of rotatable bonds is 5. The van der Waals surface area contributed by atoms with Crippen molar-refractivity contribution in [3.05, 3.63) is 29.3 Å². The second-order valence-electron chi connectivity index (χ2n) is 5.39. The Morgan fingerprint density at radius 1 is 1.19 bits per heavy atom. The molecule has 3 rings (SSSR count). The van der Waals surface area contributed by atoms with Gasteiger partial charge in [-0.05, 0) is 23.3 Å². The minimum Gasteiger partial charge on any atom is -0.379 e. The van der Waals surface area contributed by atoms with Crippen molar-refractivity contribution in [2.75, 3.05) is 39.4 Å². The summed E-state index contributed by atoms with van der Waals surface area (Å²) >= 11 is 0. The predicted molar refractivity (Wildman–Crippen MR) is 79.4 cm³/mol. The zero-order chi connectivity index (χ0) is 14.7. The summed E-state index contributed by atoms with van der Waals surface area (Å²) in [6.07, 6.45) is 0. The Morgan fingerprint density at radius 2 is 1.95 bits per heavy atom. The molecule has 1 saturated heterocycles. The quantitative estimate of drug-likeness (QED) is 0.795. The first-order chi connectivity index (χ1) is 10.1. The second kappa shape index (κ2) is 6.41. The van der Waals surface area contributed by atoms with Crippen molar-refractivity contribution >= 4 is 10.0 Å². The summed E-state index contributed by atoms with van der Waals surface area (Å²) in [6, 6.07) is 5.35. The van der Waals surface area contributed by atoms with Crippen LogP contribution in [0.2, 0.25) is 0 Å². The predicted octanol–water partition coefficient (Wildman–Crippen LogP) is -0.0997. The van der Waals surface area contributed by atoms with Crippen LogP contribution in [0.4, 0.5) is 0 Å². The molecular formula is C14H21N3O3S. The molecular weight excluding hydrogens is 290 g/mol. The molecule has 2 aliphatic rings. The molecule has 1 aromatic rings. The zero-order valence-electron chi connectivity index (χ0n) is 12.0.